The number of allylic oxidation sites excluding steroid dienone is 3. The Bertz CT molecular complexity index is 179. The van der Waals surface area contributed by atoms with Gasteiger partial charge in [-0.1, -0.05) is 30.1 Å². The molecule has 0 fully saturated rings. The van der Waals surface area contributed by atoms with Gasteiger partial charge in [-0.2, -0.15) is 0 Å². The second-order valence-corrected chi connectivity index (χ2v) is 2.01. The summed E-state index contributed by atoms with van der Waals surface area (Å²) in [5, 5.41) is 8.37. The normalized spacial score (nSPS) is 10.4. The summed E-state index contributed by atoms with van der Waals surface area (Å²) in [5.41, 5.74) is 0. The van der Waals surface area contributed by atoms with Gasteiger partial charge in [0, 0.05) is 6.42 Å². The molecule has 0 radical (unpaired) electrons. The molecular weight excluding hydrogens is 136 g/mol. The number of hydrogen-bond donors (Lipinski definition) is 1. The molecule has 0 bridgehead atoms. The molecule has 0 aliphatic rings. The van der Waals surface area contributed by atoms with E-state index in [1.807, 2.05) is 25.2 Å². The highest BCUT2D eigenvalue weighted by molar-refractivity contribution is 5.14. The van der Waals surface area contributed by atoms with E-state index in [4.69, 9.17) is 5.11 Å². The fraction of sp³-hybridized carbons (Fsp3) is 0.400. The van der Waals surface area contributed by atoms with Crippen LogP contribution in [0.25, 0.3) is 0 Å². The average Bonchev–Trinajstić information content (AvgIpc) is 2.03. The molecule has 0 aromatic rings. The van der Waals surface area contributed by atoms with Crippen LogP contribution < -0.4 is 0 Å². The third-order valence-corrected chi connectivity index (χ3v) is 1.06. The van der Waals surface area contributed by atoms with E-state index in [1.54, 1.807) is 6.08 Å². The van der Waals surface area contributed by atoms with Gasteiger partial charge in [-0.25, -0.2) is 0 Å². The molecule has 0 saturated heterocycles. The lowest BCUT2D eigenvalue weighted by molar-refractivity contribution is 0.342. The molecule has 0 rings (SSSR count). The van der Waals surface area contributed by atoms with E-state index in [0.29, 0.717) is 0 Å². The van der Waals surface area contributed by atoms with Crippen molar-refractivity contribution < 1.29 is 5.11 Å². The maximum absolute atomic E-state index is 8.37. The summed E-state index contributed by atoms with van der Waals surface area (Å²) in [4.78, 5) is 0. The van der Waals surface area contributed by atoms with Crippen LogP contribution in [-0.2, 0) is 0 Å². The number of aliphatic hydroxyl groups is 1. The van der Waals surface area contributed by atoms with Crippen LogP contribution in [0.4, 0.5) is 0 Å². The zero-order valence-corrected chi connectivity index (χ0v) is 6.88. The molecule has 11 heavy (non-hydrogen) atoms. The van der Waals surface area contributed by atoms with Crippen molar-refractivity contribution in [2.75, 3.05) is 6.61 Å². The van der Waals surface area contributed by atoms with Crippen LogP contribution in [0.5, 0.6) is 0 Å². The lowest BCUT2D eigenvalue weighted by Crippen LogP contribution is -1.71. The SMILES string of the molecule is C/C=C/C#CCC/C=C/CO. The van der Waals surface area contributed by atoms with Gasteiger partial charge in [0.15, 0.2) is 0 Å². The van der Waals surface area contributed by atoms with Crippen LogP contribution in [0.2, 0.25) is 0 Å². The number of rotatable bonds is 3. The molecule has 60 valence electrons. The second-order valence-electron chi connectivity index (χ2n) is 2.01. The first-order valence-corrected chi connectivity index (χ1v) is 3.77. The maximum atomic E-state index is 8.37. The molecule has 0 aromatic heterocycles. The van der Waals surface area contributed by atoms with Gasteiger partial charge in [-0.05, 0) is 19.4 Å². The average molecular weight is 150 g/mol. The Hall–Kier alpha value is -1.00. The smallest absolute Gasteiger partial charge is 0.0612 e. The molecule has 0 unspecified atom stereocenters. The Kier molecular flexibility index (Phi) is 8.18. The molecular formula is C10H14O. The third kappa shape index (κ3) is 9.00. The van der Waals surface area contributed by atoms with Crippen molar-refractivity contribution in [2.45, 2.75) is 19.8 Å². The summed E-state index contributed by atoms with van der Waals surface area (Å²) in [6, 6.07) is 0. The van der Waals surface area contributed by atoms with Crippen LogP contribution in [0.3, 0.4) is 0 Å². The Morgan fingerprint density at radius 2 is 2.18 bits per heavy atom. The van der Waals surface area contributed by atoms with Gasteiger partial charge in [-0.15, -0.1) is 0 Å². The fourth-order valence-corrected chi connectivity index (χ4v) is 0.562. The van der Waals surface area contributed by atoms with Crippen LogP contribution >= 0.6 is 0 Å². The minimum absolute atomic E-state index is 0.127. The first-order chi connectivity index (χ1) is 5.41. The topological polar surface area (TPSA) is 20.2 Å². The predicted molar refractivity (Wildman–Crippen MR) is 48.0 cm³/mol. The second kappa shape index (κ2) is 9.00. The number of hydrogen-bond acceptors (Lipinski definition) is 1. The van der Waals surface area contributed by atoms with Gasteiger partial charge in [0.05, 0.1) is 6.61 Å². The molecule has 0 heterocycles. The van der Waals surface area contributed by atoms with E-state index in [9.17, 15) is 0 Å². The first kappa shape index (κ1) is 10.0. The highest BCUT2D eigenvalue weighted by Gasteiger charge is 1.73. The van der Waals surface area contributed by atoms with E-state index in [1.165, 1.54) is 0 Å². The molecule has 1 N–H and O–H groups in total. The number of unbranched alkanes of at least 4 members (excludes halogenated alkanes) is 1. The first-order valence-electron chi connectivity index (χ1n) is 3.77. The molecule has 0 aliphatic heterocycles. The van der Waals surface area contributed by atoms with E-state index in [0.717, 1.165) is 12.8 Å². The fourth-order valence-electron chi connectivity index (χ4n) is 0.562. The van der Waals surface area contributed by atoms with Gasteiger partial charge >= 0.3 is 0 Å². The molecule has 0 spiro atoms. The minimum atomic E-state index is 0.127. The predicted octanol–water partition coefficient (Wildman–Crippen LogP) is 1.89. The minimum Gasteiger partial charge on any atom is -0.392 e. The molecule has 0 amide bonds. The summed E-state index contributed by atoms with van der Waals surface area (Å²) in [7, 11) is 0. The quantitative estimate of drug-likeness (QED) is 0.370. The standard InChI is InChI=1S/C10H14O/c1-2-3-4-5-6-7-8-9-10-11/h2-3,8-9,11H,6-7,10H2,1H3/b3-2+,9-8+. The Labute approximate surface area is 68.4 Å². The van der Waals surface area contributed by atoms with Gasteiger partial charge in [0.2, 0.25) is 0 Å². The molecule has 0 atom stereocenters. The van der Waals surface area contributed by atoms with Crippen molar-refractivity contribution in [1.82, 2.24) is 0 Å². The van der Waals surface area contributed by atoms with E-state index in [-0.39, 0.29) is 6.61 Å². The van der Waals surface area contributed by atoms with E-state index >= 15 is 0 Å². The highest BCUT2D eigenvalue weighted by atomic mass is 16.2. The van der Waals surface area contributed by atoms with Crippen LogP contribution in [0.15, 0.2) is 24.3 Å². The van der Waals surface area contributed by atoms with Crippen molar-refractivity contribution in [3.05, 3.63) is 24.3 Å². The largest absolute Gasteiger partial charge is 0.392 e. The van der Waals surface area contributed by atoms with Gasteiger partial charge < -0.3 is 5.11 Å². The Morgan fingerprint density at radius 1 is 1.36 bits per heavy atom. The van der Waals surface area contributed by atoms with Crippen LogP contribution in [0.1, 0.15) is 19.8 Å². The monoisotopic (exact) mass is 150 g/mol. The number of aliphatic hydroxyl groups excluding tert-OH is 1. The van der Waals surface area contributed by atoms with Gasteiger partial charge in [0.25, 0.3) is 0 Å². The van der Waals surface area contributed by atoms with Gasteiger partial charge in [-0.3, -0.25) is 0 Å². The zero-order valence-electron chi connectivity index (χ0n) is 6.88. The lowest BCUT2D eigenvalue weighted by atomic mass is 10.3. The summed E-state index contributed by atoms with van der Waals surface area (Å²) >= 11 is 0. The molecule has 0 saturated carbocycles. The van der Waals surface area contributed by atoms with Crippen molar-refractivity contribution in [3.8, 4) is 11.8 Å². The molecule has 1 heteroatoms. The van der Waals surface area contributed by atoms with Crippen LogP contribution in [0, 0.1) is 11.8 Å². The third-order valence-electron chi connectivity index (χ3n) is 1.06. The highest BCUT2D eigenvalue weighted by Crippen LogP contribution is 1.87. The Morgan fingerprint density at radius 3 is 2.82 bits per heavy atom. The Balaban J connectivity index is 3.28. The lowest BCUT2D eigenvalue weighted by Gasteiger charge is -1.81. The van der Waals surface area contributed by atoms with E-state index in [2.05, 4.69) is 11.8 Å². The molecule has 0 aromatic carbocycles. The summed E-state index contributed by atoms with van der Waals surface area (Å²) < 4.78 is 0. The molecule has 0 aliphatic carbocycles. The summed E-state index contributed by atoms with van der Waals surface area (Å²) in [6.07, 6.45) is 9.19. The van der Waals surface area contributed by atoms with Crippen molar-refractivity contribution in [2.24, 2.45) is 0 Å². The van der Waals surface area contributed by atoms with Crippen molar-refractivity contribution >= 4 is 0 Å². The van der Waals surface area contributed by atoms with Crippen LogP contribution in [-0.4, -0.2) is 11.7 Å². The summed E-state index contributed by atoms with van der Waals surface area (Å²) in [6.45, 7) is 2.07. The summed E-state index contributed by atoms with van der Waals surface area (Å²) in [5.74, 6) is 5.86. The van der Waals surface area contributed by atoms with Gasteiger partial charge in [0.1, 0.15) is 0 Å². The molecule has 1 nitrogen and oxygen atoms in total. The van der Waals surface area contributed by atoms with Crippen molar-refractivity contribution in [1.29, 1.82) is 0 Å². The van der Waals surface area contributed by atoms with E-state index < -0.39 is 0 Å². The zero-order chi connectivity index (χ0) is 8.36. The van der Waals surface area contributed by atoms with Crippen molar-refractivity contribution in [3.63, 3.8) is 0 Å². The maximum Gasteiger partial charge on any atom is 0.0612 e.